The third-order valence-corrected chi connectivity index (χ3v) is 3.40. The molecule has 1 unspecified atom stereocenters. The minimum atomic E-state index is -0.813. The van der Waals surface area contributed by atoms with Gasteiger partial charge >= 0.3 is 5.97 Å². The maximum Gasteiger partial charge on any atom is 0.333 e. The van der Waals surface area contributed by atoms with E-state index in [9.17, 15) is 4.79 Å². The molecule has 0 aromatic carbocycles. The molecular formula is C11H13N3O2. The molecule has 0 amide bonds. The number of carboxylic acids is 1. The van der Waals surface area contributed by atoms with Gasteiger partial charge in [0.1, 0.15) is 12.5 Å². The predicted molar refractivity (Wildman–Crippen MR) is 58.7 cm³/mol. The first-order valence-corrected chi connectivity index (χ1v) is 5.28. The number of carboxylic acid groups (broad SMARTS) is 1. The van der Waals surface area contributed by atoms with Crippen LogP contribution in [-0.2, 0) is 4.79 Å². The van der Waals surface area contributed by atoms with Crippen molar-refractivity contribution in [3.8, 4) is 0 Å². The predicted octanol–water partition coefficient (Wildman–Crippen LogP) is 0.618. The van der Waals surface area contributed by atoms with Gasteiger partial charge in [0.2, 0.25) is 0 Å². The third kappa shape index (κ3) is 1.11. The molecule has 0 aliphatic carbocycles. The number of nitrogens with zero attached hydrogens (tertiary/aromatic N) is 3. The average Bonchev–Trinajstić information content (AvgIpc) is 2.68. The first kappa shape index (κ1) is 9.45. The van der Waals surface area contributed by atoms with E-state index in [0.29, 0.717) is 18.7 Å². The molecule has 3 rings (SSSR count). The quantitative estimate of drug-likeness (QED) is 0.702. The zero-order valence-electron chi connectivity index (χ0n) is 9.05. The number of rotatable bonds is 1. The summed E-state index contributed by atoms with van der Waals surface area (Å²) in [7, 11) is 0. The molecular weight excluding hydrogens is 206 g/mol. The van der Waals surface area contributed by atoms with E-state index in [1.165, 1.54) is 0 Å². The molecule has 0 aromatic rings. The summed E-state index contributed by atoms with van der Waals surface area (Å²) in [4.78, 5) is 19.4. The zero-order chi connectivity index (χ0) is 11.3. The third-order valence-electron chi connectivity index (χ3n) is 3.40. The lowest BCUT2D eigenvalue weighted by molar-refractivity contribution is -0.132. The molecule has 0 radical (unpaired) electrons. The molecule has 5 heteroatoms. The molecule has 3 aliphatic rings. The lowest BCUT2D eigenvalue weighted by Gasteiger charge is -2.26. The Morgan fingerprint density at radius 1 is 1.62 bits per heavy atom. The Balaban J connectivity index is 2.00. The van der Waals surface area contributed by atoms with Crippen LogP contribution in [-0.4, -0.2) is 45.8 Å². The maximum atomic E-state index is 11.0. The van der Waals surface area contributed by atoms with Crippen molar-refractivity contribution in [1.82, 2.24) is 9.80 Å². The lowest BCUT2D eigenvalue weighted by Crippen LogP contribution is -2.36. The second kappa shape index (κ2) is 2.87. The SMILES string of the molecule is CC12CC(C(=O)O)=CN1C1=CC=NCN1C2. The molecule has 84 valence electrons. The largest absolute Gasteiger partial charge is 0.478 e. The molecule has 1 saturated heterocycles. The molecule has 5 nitrogen and oxygen atoms in total. The molecule has 3 heterocycles. The van der Waals surface area contributed by atoms with E-state index in [1.54, 1.807) is 12.4 Å². The topological polar surface area (TPSA) is 56.1 Å². The van der Waals surface area contributed by atoms with Gasteiger partial charge in [0, 0.05) is 25.4 Å². The molecule has 0 aromatic heterocycles. The van der Waals surface area contributed by atoms with E-state index < -0.39 is 5.97 Å². The maximum absolute atomic E-state index is 11.0. The van der Waals surface area contributed by atoms with Crippen molar-refractivity contribution in [2.75, 3.05) is 13.2 Å². The summed E-state index contributed by atoms with van der Waals surface area (Å²) in [5.41, 5.74) is 0.373. The van der Waals surface area contributed by atoms with Gasteiger partial charge in [-0.2, -0.15) is 0 Å². The summed E-state index contributed by atoms with van der Waals surface area (Å²) in [6, 6.07) is 0. The summed E-state index contributed by atoms with van der Waals surface area (Å²) < 4.78 is 0. The molecule has 1 atom stereocenters. The number of carbonyl (C=O) groups is 1. The molecule has 0 spiro atoms. The van der Waals surface area contributed by atoms with E-state index in [0.717, 1.165) is 12.4 Å². The fraction of sp³-hybridized carbons (Fsp3) is 0.455. The number of aliphatic imine (C=N–C) groups is 1. The normalized spacial score (nSPS) is 31.1. The number of hydrogen-bond donors (Lipinski definition) is 1. The summed E-state index contributed by atoms with van der Waals surface area (Å²) in [5.74, 6) is 0.251. The summed E-state index contributed by atoms with van der Waals surface area (Å²) >= 11 is 0. The Morgan fingerprint density at radius 3 is 3.19 bits per heavy atom. The first-order chi connectivity index (χ1) is 7.60. The molecule has 1 fully saturated rings. The standard InChI is InChI=1S/C11H13N3O2/c1-11-4-8(10(15)16)5-14(11)9-2-3-12-7-13(9)6-11/h2-3,5H,4,6-7H2,1H3,(H,15,16). The van der Waals surface area contributed by atoms with Crippen LogP contribution in [0.1, 0.15) is 13.3 Å². The van der Waals surface area contributed by atoms with Crippen LogP contribution in [0.15, 0.2) is 28.7 Å². The Morgan fingerprint density at radius 2 is 2.44 bits per heavy atom. The number of allylic oxidation sites excluding steroid dienone is 1. The van der Waals surface area contributed by atoms with Gasteiger partial charge in [-0.3, -0.25) is 4.99 Å². The Hall–Kier alpha value is -1.78. The fourth-order valence-electron chi connectivity index (χ4n) is 2.68. The van der Waals surface area contributed by atoms with Crippen molar-refractivity contribution >= 4 is 12.2 Å². The van der Waals surface area contributed by atoms with Crippen LogP contribution in [0.2, 0.25) is 0 Å². The highest BCUT2D eigenvalue weighted by Gasteiger charge is 2.48. The van der Waals surface area contributed by atoms with Crippen molar-refractivity contribution < 1.29 is 9.90 Å². The van der Waals surface area contributed by atoms with E-state index in [-0.39, 0.29) is 5.54 Å². The van der Waals surface area contributed by atoms with Crippen LogP contribution in [0, 0.1) is 0 Å². The monoisotopic (exact) mass is 219 g/mol. The van der Waals surface area contributed by atoms with E-state index in [2.05, 4.69) is 21.7 Å². The first-order valence-electron chi connectivity index (χ1n) is 5.28. The minimum absolute atomic E-state index is 0.118. The summed E-state index contributed by atoms with van der Waals surface area (Å²) in [6.45, 7) is 3.61. The van der Waals surface area contributed by atoms with E-state index >= 15 is 0 Å². The van der Waals surface area contributed by atoms with Gasteiger partial charge < -0.3 is 14.9 Å². The Labute approximate surface area is 93.4 Å². The number of fused-ring (bicyclic) bond motifs is 3. The van der Waals surface area contributed by atoms with E-state index in [4.69, 9.17) is 5.11 Å². The highest BCUT2D eigenvalue weighted by Crippen LogP contribution is 2.42. The van der Waals surface area contributed by atoms with Crippen LogP contribution in [0.5, 0.6) is 0 Å². The Bertz CT molecular complexity index is 452. The number of aliphatic carboxylic acids is 1. The van der Waals surface area contributed by atoms with Gasteiger partial charge in [-0.05, 0) is 13.0 Å². The van der Waals surface area contributed by atoms with E-state index in [1.807, 2.05) is 6.08 Å². The Kier molecular flexibility index (Phi) is 1.70. The van der Waals surface area contributed by atoms with Gasteiger partial charge in [-0.25, -0.2) is 4.79 Å². The highest BCUT2D eigenvalue weighted by molar-refractivity contribution is 5.87. The van der Waals surface area contributed by atoms with Gasteiger partial charge in [0.05, 0.1) is 11.1 Å². The van der Waals surface area contributed by atoms with Gasteiger partial charge in [0.15, 0.2) is 0 Å². The van der Waals surface area contributed by atoms with Gasteiger partial charge in [0.25, 0.3) is 0 Å². The van der Waals surface area contributed by atoms with Crippen LogP contribution in [0.3, 0.4) is 0 Å². The summed E-state index contributed by atoms with van der Waals surface area (Å²) in [6.07, 6.45) is 6.07. The lowest BCUT2D eigenvalue weighted by atomic mass is 9.97. The van der Waals surface area contributed by atoms with Crippen LogP contribution in [0.25, 0.3) is 0 Å². The van der Waals surface area contributed by atoms with Gasteiger partial charge in [-0.15, -0.1) is 0 Å². The molecule has 16 heavy (non-hydrogen) atoms. The van der Waals surface area contributed by atoms with Crippen molar-refractivity contribution in [3.63, 3.8) is 0 Å². The minimum Gasteiger partial charge on any atom is -0.478 e. The molecule has 0 bridgehead atoms. The zero-order valence-corrected chi connectivity index (χ0v) is 9.05. The molecule has 1 N–H and O–H groups in total. The van der Waals surface area contributed by atoms with Crippen molar-refractivity contribution in [3.05, 3.63) is 23.7 Å². The van der Waals surface area contributed by atoms with Crippen LogP contribution < -0.4 is 0 Å². The second-order valence-corrected chi connectivity index (χ2v) is 4.70. The second-order valence-electron chi connectivity index (χ2n) is 4.70. The van der Waals surface area contributed by atoms with Crippen LogP contribution in [0.4, 0.5) is 0 Å². The van der Waals surface area contributed by atoms with Crippen molar-refractivity contribution in [1.29, 1.82) is 0 Å². The fourth-order valence-corrected chi connectivity index (χ4v) is 2.68. The average molecular weight is 219 g/mol. The smallest absolute Gasteiger partial charge is 0.333 e. The summed E-state index contributed by atoms with van der Waals surface area (Å²) in [5, 5.41) is 9.02. The van der Waals surface area contributed by atoms with Crippen LogP contribution >= 0.6 is 0 Å². The van der Waals surface area contributed by atoms with Crippen molar-refractivity contribution in [2.45, 2.75) is 18.9 Å². The molecule has 0 saturated carbocycles. The molecule has 3 aliphatic heterocycles. The van der Waals surface area contributed by atoms with Crippen molar-refractivity contribution in [2.24, 2.45) is 4.99 Å². The highest BCUT2D eigenvalue weighted by atomic mass is 16.4. The van der Waals surface area contributed by atoms with Gasteiger partial charge in [-0.1, -0.05) is 0 Å². The number of hydrogen-bond acceptors (Lipinski definition) is 4.